The summed E-state index contributed by atoms with van der Waals surface area (Å²) in [6.45, 7) is 4.12. The summed E-state index contributed by atoms with van der Waals surface area (Å²) in [5.41, 5.74) is 0.964. The van der Waals surface area contributed by atoms with Gasteiger partial charge < -0.3 is 10.0 Å². The van der Waals surface area contributed by atoms with E-state index < -0.39 is 0 Å². The van der Waals surface area contributed by atoms with Crippen LogP contribution in [-0.4, -0.2) is 34.8 Å². The summed E-state index contributed by atoms with van der Waals surface area (Å²) < 4.78 is 0. The van der Waals surface area contributed by atoms with E-state index >= 15 is 0 Å². The van der Waals surface area contributed by atoms with Gasteiger partial charge in [0, 0.05) is 38.0 Å². The quantitative estimate of drug-likeness (QED) is 0.747. The monoisotopic (exact) mass is 193 g/mol. The molecule has 1 aliphatic heterocycles. The molecular weight excluding hydrogens is 178 g/mol. The average Bonchev–Trinajstić information content (AvgIpc) is 2.67. The van der Waals surface area contributed by atoms with E-state index in [1.165, 1.54) is 0 Å². The van der Waals surface area contributed by atoms with E-state index in [-0.39, 0.29) is 6.61 Å². The lowest BCUT2D eigenvalue weighted by molar-refractivity contribution is 0.238. The first kappa shape index (κ1) is 9.40. The van der Waals surface area contributed by atoms with Crippen LogP contribution in [0.5, 0.6) is 0 Å². The molecule has 1 fully saturated rings. The Morgan fingerprint density at radius 1 is 1.50 bits per heavy atom. The van der Waals surface area contributed by atoms with Crippen LogP contribution >= 0.6 is 0 Å². The highest BCUT2D eigenvalue weighted by Crippen LogP contribution is 2.22. The molecule has 0 spiro atoms. The molecule has 4 nitrogen and oxygen atoms in total. The highest BCUT2D eigenvalue weighted by Gasteiger charge is 2.23. The maximum atomic E-state index is 9.04. The predicted octanol–water partition coefficient (Wildman–Crippen LogP) is 0.604. The number of anilines is 1. The molecule has 2 rings (SSSR count). The molecule has 0 aliphatic carbocycles. The number of hydrogen-bond donors (Lipinski definition) is 1. The maximum absolute atomic E-state index is 9.04. The van der Waals surface area contributed by atoms with Crippen molar-refractivity contribution in [1.29, 1.82) is 0 Å². The third-order valence-corrected chi connectivity index (χ3v) is 2.70. The Hall–Kier alpha value is -1.16. The second-order valence-corrected chi connectivity index (χ2v) is 3.75. The molecule has 1 N–H and O–H groups in total. The van der Waals surface area contributed by atoms with E-state index in [4.69, 9.17) is 5.11 Å². The number of rotatable bonds is 2. The summed E-state index contributed by atoms with van der Waals surface area (Å²) >= 11 is 0. The van der Waals surface area contributed by atoms with Crippen LogP contribution in [0.15, 0.2) is 12.4 Å². The fraction of sp³-hybridized carbons (Fsp3) is 0.600. The minimum absolute atomic E-state index is 0.274. The number of hydrogen-bond acceptors (Lipinski definition) is 4. The van der Waals surface area contributed by atoms with E-state index in [9.17, 15) is 0 Å². The third-order valence-electron chi connectivity index (χ3n) is 2.70. The molecule has 0 aromatic carbocycles. The SMILES string of the molecule is Cc1nccnc1N1CC[C@@H](CO)C1. The molecular formula is C10H15N3O. The van der Waals surface area contributed by atoms with Crippen LogP contribution in [0, 0.1) is 12.8 Å². The highest BCUT2D eigenvalue weighted by atomic mass is 16.3. The van der Waals surface area contributed by atoms with Crippen LogP contribution in [-0.2, 0) is 0 Å². The molecule has 14 heavy (non-hydrogen) atoms. The molecule has 0 unspecified atom stereocenters. The number of aliphatic hydroxyl groups is 1. The normalized spacial score (nSPS) is 21.6. The molecule has 0 amide bonds. The summed E-state index contributed by atoms with van der Waals surface area (Å²) in [6.07, 6.45) is 4.47. The van der Waals surface area contributed by atoms with Crippen LogP contribution in [0.25, 0.3) is 0 Å². The van der Waals surface area contributed by atoms with Crippen LogP contribution in [0.3, 0.4) is 0 Å². The predicted molar refractivity (Wildman–Crippen MR) is 54.2 cm³/mol. The smallest absolute Gasteiger partial charge is 0.150 e. The van der Waals surface area contributed by atoms with Gasteiger partial charge >= 0.3 is 0 Å². The number of aryl methyl sites for hydroxylation is 1. The van der Waals surface area contributed by atoms with Gasteiger partial charge in [0.1, 0.15) is 5.82 Å². The zero-order valence-electron chi connectivity index (χ0n) is 8.35. The lowest BCUT2D eigenvalue weighted by Crippen LogP contribution is -2.22. The lowest BCUT2D eigenvalue weighted by atomic mass is 10.1. The highest BCUT2D eigenvalue weighted by molar-refractivity contribution is 5.43. The van der Waals surface area contributed by atoms with Crippen LogP contribution in [0.1, 0.15) is 12.1 Å². The van der Waals surface area contributed by atoms with E-state index in [0.29, 0.717) is 5.92 Å². The van der Waals surface area contributed by atoms with Gasteiger partial charge in [0.15, 0.2) is 0 Å². The van der Waals surface area contributed by atoms with Crippen molar-refractivity contribution in [1.82, 2.24) is 9.97 Å². The van der Waals surface area contributed by atoms with Gasteiger partial charge in [-0.05, 0) is 13.3 Å². The van der Waals surface area contributed by atoms with Crippen LogP contribution in [0.4, 0.5) is 5.82 Å². The fourth-order valence-electron chi connectivity index (χ4n) is 1.88. The Kier molecular flexibility index (Phi) is 2.63. The van der Waals surface area contributed by atoms with Crippen molar-refractivity contribution in [2.24, 2.45) is 5.92 Å². The fourth-order valence-corrected chi connectivity index (χ4v) is 1.88. The first-order valence-electron chi connectivity index (χ1n) is 4.94. The van der Waals surface area contributed by atoms with Gasteiger partial charge in [-0.2, -0.15) is 0 Å². The largest absolute Gasteiger partial charge is 0.396 e. The second-order valence-electron chi connectivity index (χ2n) is 3.75. The summed E-state index contributed by atoms with van der Waals surface area (Å²) in [4.78, 5) is 10.7. The maximum Gasteiger partial charge on any atom is 0.150 e. The van der Waals surface area contributed by atoms with Crippen LogP contribution in [0.2, 0.25) is 0 Å². The Balaban J connectivity index is 2.13. The van der Waals surface area contributed by atoms with E-state index in [2.05, 4.69) is 14.9 Å². The molecule has 0 saturated carbocycles. The Bertz CT molecular complexity index is 316. The van der Waals surface area contributed by atoms with Gasteiger partial charge in [0.2, 0.25) is 0 Å². The molecule has 1 atom stereocenters. The van der Waals surface area contributed by atoms with Crippen molar-refractivity contribution in [3.8, 4) is 0 Å². The molecule has 76 valence electrons. The minimum atomic E-state index is 0.274. The van der Waals surface area contributed by atoms with Gasteiger partial charge in [-0.25, -0.2) is 4.98 Å². The standard InChI is InChI=1S/C10H15N3O/c1-8-10(12-4-3-11-8)13-5-2-9(6-13)7-14/h3-4,9,14H,2,5-7H2,1H3/t9-/m1/s1. The Morgan fingerprint density at radius 3 is 2.93 bits per heavy atom. The molecule has 2 heterocycles. The number of nitrogens with zero attached hydrogens (tertiary/aromatic N) is 3. The summed E-state index contributed by atoms with van der Waals surface area (Å²) in [6, 6.07) is 0. The number of aliphatic hydroxyl groups excluding tert-OH is 1. The topological polar surface area (TPSA) is 49.2 Å². The zero-order chi connectivity index (χ0) is 9.97. The zero-order valence-corrected chi connectivity index (χ0v) is 8.35. The molecule has 0 radical (unpaired) electrons. The van der Waals surface area contributed by atoms with E-state index in [0.717, 1.165) is 31.0 Å². The third kappa shape index (κ3) is 1.70. The molecule has 1 saturated heterocycles. The van der Waals surface area contributed by atoms with Gasteiger partial charge in [0.25, 0.3) is 0 Å². The van der Waals surface area contributed by atoms with Gasteiger partial charge in [-0.3, -0.25) is 4.98 Å². The van der Waals surface area contributed by atoms with Crippen molar-refractivity contribution < 1.29 is 5.11 Å². The Morgan fingerprint density at radius 2 is 2.29 bits per heavy atom. The van der Waals surface area contributed by atoms with Crippen molar-refractivity contribution in [3.63, 3.8) is 0 Å². The van der Waals surface area contributed by atoms with Gasteiger partial charge in [0.05, 0.1) is 5.69 Å². The summed E-state index contributed by atoms with van der Waals surface area (Å²) in [7, 11) is 0. The number of aromatic nitrogens is 2. The lowest BCUT2D eigenvalue weighted by Gasteiger charge is -2.18. The van der Waals surface area contributed by atoms with Gasteiger partial charge in [-0.1, -0.05) is 0 Å². The molecule has 1 aromatic rings. The minimum Gasteiger partial charge on any atom is -0.396 e. The van der Waals surface area contributed by atoms with E-state index in [1.807, 2.05) is 6.92 Å². The van der Waals surface area contributed by atoms with Crippen LogP contribution < -0.4 is 4.90 Å². The summed E-state index contributed by atoms with van der Waals surface area (Å²) in [5.74, 6) is 1.36. The first-order chi connectivity index (χ1) is 6.81. The van der Waals surface area contributed by atoms with Crippen molar-refractivity contribution >= 4 is 5.82 Å². The Labute approximate surface area is 83.6 Å². The molecule has 1 aliphatic rings. The van der Waals surface area contributed by atoms with Gasteiger partial charge in [-0.15, -0.1) is 0 Å². The average molecular weight is 193 g/mol. The van der Waals surface area contributed by atoms with E-state index in [1.54, 1.807) is 12.4 Å². The molecule has 0 bridgehead atoms. The van der Waals surface area contributed by atoms with Crippen molar-refractivity contribution in [2.75, 3.05) is 24.6 Å². The summed E-state index contributed by atoms with van der Waals surface area (Å²) in [5, 5.41) is 9.04. The second kappa shape index (κ2) is 3.92. The van der Waals surface area contributed by atoms with Crippen molar-refractivity contribution in [3.05, 3.63) is 18.1 Å². The molecule has 1 aromatic heterocycles. The van der Waals surface area contributed by atoms with Crippen molar-refractivity contribution in [2.45, 2.75) is 13.3 Å². The first-order valence-corrected chi connectivity index (χ1v) is 4.94. The molecule has 4 heteroatoms.